The van der Waals surface area contributed by atoms with Crippen LogP contribution in [0.5, 0.6) is 0 Å². The molecule has 0 saturated carbocycles. The van der Waals surface area contributed by atoms with Gasteiger partial charge in [0.05, 0.1) is 11.4 Å². The number of rotatable bonds is 2. The van der Waals surface area contributed by atoms with Crippen LogP contribution >= 0.6 is 11.3 Å². The van der Waals surface area contributed by atoms with Crippen LogP contribution in [0.25, 0.3) is 32.6 Å². The van der Waals surface area contributed by atoms with E-state index in [0.29, 0.717) is 10.6 Å². The van der Waals surface area contributed by atoms with Crippen molar-refractivity contribution in [1.29, 1.82) is 5.26 Å². The van der Waals surface area contributed by atoms with E-state index in [4.69, 9.17) is 10.7 Å². The summed E-state index contributed by atoms with van der Waals surface area (Å²) in [4.78, 5) is 6.08. The van der Waals surface area contributed by atoms with Gasteiger partial charge in [-0.25, -0.2) is 4.98 Å². The first kappa shape index (κ1) is 15.4. The highest BCUT2D eigenvalue weighted by molar-refractivity contribution is 7.20. The average molecular weight is 341 g/mol. The zero-order valence-corrected chi connectivity index (χ0v) is 14.5. The van der Waals surface area contributed by atoms with Gasteiger partial charge in [-0.15, -0.1) is 11.3 Å². The van der Waals surface area contributed by atoms with Crippen LogP contribution in [0.1, 0.15) is 10.4 Å². The fourth-order valence-corrected chi connectivity index (χ4v) is 3.84. The molecule has 0 spiro atoms. The van der Waals surface area contributed by atoms with E-state index in [1.807, 2.05) is 30.3 Å². The fraction of sp³-hybridized carbons (Fsp3) is 0.0476. The number of nitrogens with two attached hydrogens (primary N) is 1. The summed E-state index contributed by atoms with van der Waals surface area (Å²) >= 11 is 1.35. The highest BCUT2D eigenvalue weighted by atomic mass is 32.1. The Kier molecular flexibility index (Phi) is 3.72. The van der Waals surface area contributed by atoms with Crippen molar-refractivity contribution in [3.63, 3.8) is 0 Å². The largest absolute Gasteiger partial charge is 0.396 e. The van der Waals surface area contributed by atoms with Crippen molar-refractivity contribution in [3.05, 3.63) is 71.1 Å². The van der Waals surface area contributed by atoms with Gasteiger partial charge in [-0.2, -0.15) is 5.26 Å². The Bertz CT molecular complexity index is 1100. The molecule has 4 rings (SSSR count). The molecule has 0 unspecified atom stereocenters. The lowest BCUT2D eigenvalue weighted by Crippen LogP contribution is -1.91. The van der Waals surface area contributed by atoms with Crippen molar-refractivity contribution < 1.29 is 0 Å². The Morgan fingerprint density at radius 2 is 1.72 bits per heavy atom. The van der Waals surface area contributed by atoms with E-state index in [1.165, 1.54) is 16.9 Å². The maximum Gasteiger partial charge on any atom is 0.130 e. The van der Waals surface area contributed by atoms with Crippen molar-refractivity contribution in [1.82, 2.24) is 4.98 Å². The number of fused-ring (bicyclic) bond motifs is 1. The molecule has 120 valence electrons. The molecule has 0 bridgehead atoms. The normalized spacial score (nSPS) is 10.7. The third-order valence-corrected chi connectivity index (χ3v) is 5.24. The van der Waals surface area contributed by atoms with Gasteiger partial charge in [0, 0.05) is 10.9 Å². The van der Waals surface area contributed by atoms with Gasteiger partial charge >= 0.3 is 0 Å². The number of hydrogen-bond acceptors (Lipinski definition) is 4. The molecule has 2 N–H and O–H groups in total. The van der Waals surface area contributed by atoms with Crippen LogP contribution in [0, 0.1) is 18.3 Å². The second-order valence-corrected chi connectivity index (χ2v) is 6.92. The quantitative estimate of drug-likeness (QED) is 0.531. The number of pyridine rings is 1. The predicted molar refractivity (Wildman–Crippen MR) is 104 cm³/mol. The topological polar surface area (TPSA) is 62.7 Å². The fourth-order valence-electron chi connectivity index (χ4n) is 2.92. The molecule has 0 aliphatic carbocycles. The number of nitriles is 1. The molecule has 2 heterocycles. The van der Waals surface area contributed by atoms with Crippen molar-refractivity contribution in [3.8, 4) is 28.5 Å². The third-order valence-electron chi connectivity index (χ3n) is 4.23. The Morgan fingerprint density at radius 1 is 1.00 bits per heavy atom. The molecule has 0 amide bonds. The van der Waals surface area contributed by atoms with Crippen LogP contribution < -0.4 is 5.73 Å². The summed E-state index contributed by atoms with van der Waals surface area (Å²) < 4.78 is 0. The molecule has 0 saturated heterocycles. The highest BCUT2D eigenvalue weighted by Crippen LogP contribution is 2.40. The van der Waals surface area contributed by atoms with Crippen LogP contribution in [0.15, 0.2) is 60.7 Å². The zero-order chi connectivity index (χ0) is 17.4. The zero-order valence-electron chi connectivity index (χ0n) is 13.7. The Balaban J connectivity index is 2.06. The monoisotopic (exact) mass is 341 g/mol. The van der Waals surface area contributed by atoms with Crippen molar-refractivity contribution in [2.75, 3.05) is 5.73 Å². The van der Waals surface area contributed by atoms with E-state index in [2.05, 4.69) is 43.3 Å². The molecule has 0 atom stereocenters. The van der Waals surface area contributed by atoms with Gasteiger partial charge in [0.2, 0.25) is 0 Å². The van der Waals surface area contributed by atoms with E-state index in [-0.39, 0.29) is 0 Å². The number of thiophene rings is 1. The summed E-state index contributed by atoms with van der Waals surface area (Å²) in [6, 6.07) is 22.6. The lowest BCUT2D eigenvalue weighted by Gasteiger charge is -2.09. The van der Waals surface area contributed by atoms with Gasteiger partial charge in [-0.1, -0.05) is 60.2 Å². The summed E-state index contributed by atoms with van der Waals surface area (Å²) in [7, 11) is 0. The Morgan fingerprint density at radius 3 is 2.40 bits per heavy atom. The minimum atomic E-state index is 0.515. The summed E-state index contributed by atoms with van der Waals surface area (Å²) in [5.41, 5.74) is 12.0. The highest BCUT2D eigenvalue weighted by Gasteiger charge is 2.17. The van der Waals surface area contributed by atoms with Gasteiger partial charge in [0.15, 0.2) is 0 Å². The van der Waals surface area contributed by atoms with Gasteiger partial charge < -0.3 is 5.73 Å². The van der Waals surface area contributed by atoms with Crippen LogP contribution in [0.4, 0.5) is 5.69 Å². The minimum Gasteiger partial charge on any atom is -0.396 e. The van der Waals surface area contributed by atoms with E-state index < -0.39 is 0 Å². The van der Waals surface area contributed by atoms with Crippen molar-refractivity contribution in [2.24, 2.45) is 0 Å². The average Bonchev–Trinajstić information content (AvgIpc) is 2.98. The number of hydrogen-bond donors (Lipinski definition) is 1. The second-order valence-electron chi connectivity index (χ2n) is 5.92. The Hall–Kier alpha value is -3.16. The summed E-state index contributed by atoms with van der Waals surface area (Å²) in [6.45, 7) is 2.06. The molecule has 2 aromatic carbocycles. The number of aromatic nitrogens is 1. The summed E-state index contributed by atoms with van der Waals surface area (Å²) in [5.74, 6) is 0. The van der Waals surface area contributed by atoms with E-state index >= 15 is 0 Å². The first-order valence-electron chi connectivity index (χ1n) is 7.93. The standard InChI is InChI=1S/C21H15N3S/c1-13-7-9-14(10-8-13)16-11-17(15-5-3-2-4-6-15)24-21-19(16)20(23)18(12-22)25-21/h2-11H,23H2,1H3. The van der Waals surface area contributed by atoms with Gasteiger partial charge in [-0.05, 0) is 24.1 Å². The molecule has 3 nitrogen and oxygen atoms in total. The molecule has 4 aromatic rings. The number of nitrogens with zero attached hydrogens (tertiary/aromatic N) is 2. The van der Waals surface area contributed by atoms with Crippen molar-refractivity contribution in [2.45, 2.75) is 6.92 Å². The van der Waals surface area contributed by atoms with E-state index in [9.17, 15) is 5.26 Å². The van der Waals surface area contributed by atoms with E-state index in [0.717, 1.165) is 32.6 Å². The number of aryl methyl sites for hydroxylation is 1. The molecule has 0 aliphatic heterocycles. The molecule has 0 radical (unpaired) electrons. The predicted octanol–water partition coefficient (Wildman–Crippen LogP) is 5.39. The minimum absolute atomic E-state index is 0.515. The van der Waals surface area contributed by atoms with Crippen LogP contribution in [0.2, 0.25) is 0 Å². The Labute approximate surface area is 150 Å². The number of anilines is 1. The maximum atomic E-state index is 9.36. The number of nitrogen functional groups attached to an aromatic ring is 1. The molecule has 4 heteroatoms. The van der Waals surface area contributed by atoms with E-state index in [1.54, 1.807) is 0 Å². The second kappa shape index (κ2) is 6.04. The third kappa shape index (κ3) is 2.65. The van der Waals surface area contributed by atoms with Crippen LogP contribution in [-0.4, -0.2) is 4.98 Å². The first-order valence-corrected chi connectivity index (χ1v) is 8.74. The van der Waals surface area contributed by atoms with Gasteiger partial charge in [0.25, 0.3) is 0 Å². The lowest BCUT2D eigenvalue weighted by atomic mass is 9.99. The SMILES string of the molecule is Cc1ccc(-c2cc(-c3ccccc3)nc3sc(C#N)c(N)c23)cc1. The summed E-state index contributed by atoms with van der Waals surface area (Å²) in [6.07, 6.45) is 0. The molecular weight excluding hydrogens is 326 g/mol. The number of benzene rings is 2. The molecule has 0 aliphatic rings. The maximum absolute atomic E-state index is 9.36. The van der Waals surface area contributed by atoms with Crippen LogP contribution in [0.3, 0.4) is 0 Å². The first-order chi connectivity index (χ1) is 12.2. The van der Waals surface area contributed by atoms with Crippen LogP contribution in [-0.2, 0) is 0 Å². The van der Waals surface area contributed by atoms with Gasteiger partial charge in [0.1, 0.15) is 15.8 Å². The molecule has 25 heavy (non-hydrogen) atoms. The summed E-state index contributed by atoms with van der Waals surface area (Å²) in [5, 5.41) is 10.2. The van der Waals surface area contributed by atoms with Crippen molar-refractivity contribution >= 4 is 27.2 Å². The smallest absolute Gasteiger partial charge is 0.130 e. The van der Waals surface area contributed by atoms with Gasteiger partial charge in [-0.3, -0.25) is 0 Å². The molecule has 0 fully saturated rings. The lowest BCUT2D eigenvalue weighted by molar-refractivity contribution is 1.42. The molecular formula is C21H15N3S. The molecule has 2 aromatic heterocycles.